The number of furan rings is 1. The van der Waals surface area contributed by atoms with Gasteiger partial charge in [0.15, 0.2) is 5.09 Å². The van der Waals surface area contributed by atoms with E-state index in [4.69, 9.17) is 4.42 Å². The van der Waals surface area contributed by atoms with Gasteiger partial charge in [0.25, 0.3) is 5.91 Å². The summed E-state index contributed by atoms with van der Waals surface area (Å²) < 4.78 is 5.57. The lowest BCUT2D eigenvalue weighted by Gasteiger charge is -2.30. The number of amides is 1. The summed E-state index contributed by atoms with van der Waals surface area (Å²) in [6.45, 7) is 5.33. The number of benzene rings is 1. The van der Waals surface area contributed by atoms with Crippen molar-refractivity contribution in [3.8, 4) is 0 Å². The summed E-state index contributed by atoms with van der Waals surface area (Å²) in [6, 6.07) is 12.0. The third kappa shape index (κ3) is 3.52. The molecule has 1 unspecified atom stereocenters. The third-order valence-electron chi connectivity index (χ3n) is 4.85. The molecule has 0 radical (unpaired) electrons. The average molecular weight is 342 g/mol. The molecule has 2 aliphatic heterocycles. The van der Waals surface area contributed by atoms with Crippen LogP contribution in [0, 0.1) is 12.8 Å². The maximum absolute atomic E-state index is 12.5. The van der Waals surface area contributed by atoms with E-state index in [9.17, 15) is 4.79 Å². The van der Waals surface area contributed by atoms with Crippen molar-refractivity contribution in [1.82, 2.24) is 10.2 Å². The van der Waals surface area contributed by atoms with E-state index in [1.165, 1.54) is 19.5 Å². The minimum absolute atomic E-state index is 0.0351. The number of aryl methyl sites for hydroxylation is 1. The lowest BCUT2D eigenvalue weighted by atomic mass is 9.96. The Labute approximate surface area is 146 Å². The monoisotopic (exact) mass is 342 g/mol. The zero-order valence-electron chi connectivity index (χ0n) is 13.8. The fraction of sp³-hybridized carbons (Fsp3) is 0.421. The lowest BCUT2D eigenvalue weighted by molar-refractivity contribution is 0.0909. The van der Waals surface area contributed by atoms with Gasteiger partial charge >= 0.3 is 0 Å². The molecule has 1 aromatic heterocycles. The number of carbonyl (C=O) groups is 1. The van der Waals surface area contributed by atoms with E-state index >= 15 is 0 Å². The molecule has 24 heavy (non-hydrogen) atoms. The number of hydrogen-bond acceptors (Lipinski definition) is 4. The van der Waals surface area contributed by atoms with Crippen molar-refractivity contribution < 1.29 is 9.21 Å². The van der Waals surface area contributed by atoms with Crippen LogP contribution in [0.25, 0.3) is 0 Å². The van der Waals surface area contributed by atoms with Crippen LogP contribution in [0.5, 0.6) is 0 Å². The highest BCUT2D eigenvalue weighted by atomic mass is 32.2. The Morgan fingerprint density at radius 1 is 1.21 bits per heavy atom. The molecule has 4 nitrogen and oxygen atoms in total. The third-order valence-corrected chi connectivity index (χ3v) is 5.78. The molecule has 2 bridgehead atoms. The first kappa shape index (κ1) is 15.8. The largest absolute Gasteiger partial charge is 0.455 e. The van der Waals surface area contributed by atoms with Crippen LogP contribution >= 0.6 is 11.8 Å². The Bertz CT molecular complexity index is 713. The number of fused-ring (bicyclic) bond motifs is 2. The second-order valence-electron chi connectivity index (χ2n) is 6.81. The Kier molecular flexibility index (Phi) is 4.37. The van der Waals surface area contributed by atoms with Gasteiger partial charge in [-0.2, -0.15) is 0 Å². The van der Waals surface area contributed by atoms with Gasteiger partial charge in [-0.05, 0) is 68.6 Å². The summed E-state index contributed by atoms with van der Waals surface area (Å²) in [5.41, 5.74) is 0.725. The molecule has 4 rings (SSSR count). The van der Waals surface area contributed by atoms with Gasteiger partial charge < -0.3 is 14.6 Å². The predicted octanol–water partition coefficient (Wildman–Crippen LogP) is 3.56. The maximum atomic E-state index is 12.5. The standard InChI is InChI=1S/C19H22N2O2S/c1-13-2-7-18(23-13)24-17-5-3-15(4-6-17)19(22)20-16-10-14-8-9-21(11-14)12-16/h2-7,14,16H,8-12H2,1H3,(H,20,22)/t14-,16-/m1/s1. The van der Waals surface area contributed by atoms with Crippen molar-refractivity contribution in [3.05, 3.63) is 47.7 Å². The maximum Gasteiger partial charge on any atom is 0.251 e. The summed E-state index contributed by atoms with van der Waals surface area (Å²) in [5.74, 6) is 1.71. The lowest BCUT2D eigenvalue weighted by Crippen LogP contribution is -2.47. The number of carbonyl (C=O) groups excluding carboxylic acids is 1. The number of piperidine rings is 1. The van der Waals surface area contributed by atoms with Crippen LogP contribution in [0.3, 0.4) is 0 Å². The van der Waals surface area contributed by atoms with Crippen molar-refractivity contribution in [2.75, 3.05) is 19.6 Å². The summed E-state index contributed by atoms with van der Waals surface area (Å²) in [6.07, 6.45) is 2.40. The van der Waals surface area contributed by atoms with E-state index in [1.807, 2.05) is 43.3 Å². The number of hydrogen-bond donors (Lipinski definition) is 1. The quantitative estimate of drug-likeness (QED) is 0.923. The fourth-order valence-corrected chi connectivity index (χ4v) is 4.50. The van der Waals surface area contributed by atoms with Gasteiger partial charge in [0, 0.05) is 29.6 Å². The summed E-state index contributed by atoms with van der Waals surface area (Å²) in [7, 11) is 0. The zero-order chi connectivity index (χ0) is 16.5. The van der Waals surface area contributed by atoms with Crippen LogP contribution in [0.4, 0.5) is 0 Å². The minimum Gasteiger partial charge on any atom is -0.455 e. The molecule has 126 valence electrons. The van der Waals surface area contributed by atoms with E-state index in [2.05, 4.69) is 10.2 Å². The minimum atomic E-state index is 0.0351. The van der Waals surface area contributed by atoms with E-state index < -0.39 is 0 Å². The van der Waals surface area contributed by atoms with Crippen LogP contribution < -0.4 is 5.32 Å². The molecule has 1 amide bonds. The number of nitrogens with zero attached hydrogens (tertiary/aromatic N) is 1. The Balaban J connectivity index is 1.36. The molecule has 2 fully saturated rings. The topological polar surface area (TPSA) is 45.5 Å². The average Bonchev–Trinajstić information content (AvgIpc) is 3.13. The van der Waals surface area contributed by atoms with Crippen LogP contribution in [-0.2, 0) is 0 Å². The molecule has 3 heterocycles. The number of rotatable bonds is 4. The molecule has 0 aliphatic carbocycles. The SMILES string of the molecule is Cc1ccc(Sc2ccc(C(=O)N[C@@H]3C[C@H]4CCN(C4)C3)cc2)o1. The van der Waals surface area contributed by atoms with Gasteiger partial charge in [-0.1, -0.05) is 11.8 Å². The van der Waals surface area contributed by atoms with E-state index in [0.29, 0.717) is 6.04 Å². The van der Waals surface area contributed by atoms with Crippen LogP contribution in [-0.4, -0.2) is 36.5 Å². The van der Waals surface area contributed by atoms with Crippen LogP contribution in [0.15, 0.2) is 50.8 Å². The molecular formula is C19H22N2O2S. The molecule has 3 atom stereocenters. The van der Waals surface area contributed by atoms with Crippen molar-refractivity contribution in [2.45, 2.75) is 35.8 Å². The van der Waals surface area contributed by atoms with E-state index in [0.717, 1.165) is 40.2 Å². The summed E-state index contributed by atoms with van der Waals surface area (Å²) in [4.78, 5) is 16.0. The Morgan fingerprint density at radius 3 is 2.75 bits per heavy atom. The second kappa shape index (κ2) is 6.65. The highest BCUT2D eigenvalue weighted by molar-refractivity contribution is 7.99. The molecule has 2 aliphatic rings. The highest BCUT2D eigenvalue weighted by Gasteiger charge is 2.32. The van der Waals surface area contributed by atoms with E-state index in [-0.39, 0.29) is 5.91 Å². The molecule has 2 aromatic rings. The van der Waals surface area contributed by atoms with Gasteiger partial charge in [-0.3, -0.25) is 4.79 Å². The van der Waals surface area contributed by atoms with Crippen molar-refractivity contribution >= 4 is 17.7 Å². The Morgan fingerprint density at radius 2 is 2.04 bits per heavy atom. The van der Waals surface area contributed by atoms with Crippen LogP contribution in [0.2, 0.25) is 0 Å². The van der Waals surface area contributed by atoms with Gasteiger partial charge in [0.2, 0.25) is 0 Å². The fourth-order valence-electron chi connectivity index (χ4n) is 3.69. The van der Waals surface area contributed by atoms with Crippen molar-refractivity contribution in [1.29, 1.82) is 0 Å². The normalized spacial score (nSPS) is 25.6. The first-order valence-corrected chi connectivity index (χ1v) is 9.35. The summed E-state index contributed by atoms with van der Waals surface area (Å²) >= 11 is 1.57. The highest BCUT2D eigenvalue weighted by Crippen LogP contribution is 2.29. The predicted molar refractivity (Wildman–Crippen MR) is 94.4 cm³/mol. The molecule has 1 aromatic carbocycles. The molecule has 2 saturated heterocycles. The van der Waals surface area contributed by atoms with Crippen molar-refractivity contribution in [3.63, 3.8) is 0 Å². The second-order valence-corrected chi connectivity index (χ2v) is 7.89. The van der Waals surface area contributed by atoms with Gasteiger partial charge in [-0.25, -0.2) is 0 Å². The van der Waals surface area contributed by atoms with Crippen LogP contribution in [0.1, 0.15) is 29.0 Å². The molecule has 5 heteroatoms. The van der Waals surface area contributed by atoms with Gasteiger partial charge in [-0.15, -0.1) is 0 Å². The molecular weight excluding hydrogens is 320 g/mol. The first-order chi connectivity index (χ1) is 11.7. The van der Waals surface area contributed by atoms with Gasteiger partial charge in [0.1, 0.15) is 5.76 Å². The Hall–Kier alpha value is -1.72. The van der Waals surface area contributed by atoms with Crippen molar-refractivity contribution in [2.24, 2.45) is 5.92 Å². The van der Waals surface area contributed by atoms with E-state index in [1.54, 1.807) is 11.8 Å². The molecule has 0 saturated carbocycles. The first-order valence-electron chi connectivity index (χ1n) is 8.53. The van der Waals surface area contributed by atoms with Gasteiger partial charge in [0.05, 0.1) is 0 Å². The summed E-state index contributed by atoms with van der Waals surface area (Å²) in [5, 5.41) is 4.07. The molecule has 1 N–H and O–H groups in total. The number of nitrogens with one attached hydrogen (secondary N) is 1. The zero-order valence-corrected chi connectivity index (χ0v) is 14.6. The smallest absolute Gasteiger partial charge is 0.251 e. The molecule has 0 spiro atoms.